The minimum absolute atomic E-state index is 0.168. The van der Waals surface area contributed by atoms with Gasteiger partial charge in [-0.15, -0.1) is 0 Å². The molecule has 0 aliphatic carbocycles. The Morgan fingerprint density at radius 1 is 1.42 bits per heavy atom. The smallest absolute Gasteiger partial charge is 0.245 e. The average molecular weight is 258 g/mol. The maximum absolute atomic E-state index is 12.0. The molecule has 2 rings (SSSR count). The molecule has 0 radical (unpaired) electrons. The Balaban J connectivity index is 1.99. The van der Waals surface area contributed by atoms with Crippen LogP contribution in [0, 0.1) is 16.7 Å². The maximum Gasteiger partial charge on any atom is 0.245 e. The number of rotatable bonds is 4. The topological polar surface area (TPSA) is 62.1 Å². The predicted octanol–water partition coefficient (Wildman–Crippen LogP) is 1.62. The van der Waals surface area contributed by atoms with E-state index in [4.69, 9.17) is 10.00 Å². The third-order valence-corrected chi connectivity index (χ3v) is 3.59. The Morgan fingerprint density at radius 3 is 2.53 bits per heavy atom. The first-order chi connectivity index (χ1) is 9.00. The fourth-order valence-electron chi connectivity index (χ4n) is 2.01. The number of nitriles is 1. The molecule has 0 saturated carbocycles. The van der Waals surface area contributed by atoms with E-state index in [2.05, 4.69) is 25.2 Å². The molecule has 0 spiro atoms. The molecule has 0 bridgehead atoms. The molecule has 1 saturated heterocycles. The first-order valence-electron chi connectivity index (χ1n) is 6.33. The van der Waals surface area contributed by atoms with Gasteiger partial charge in [-0.1, -0.05) is 44.2 Å². The number of amides is 1. The number of benzene rings is 1. The monoisotopic (exact) mass is 258 g/mol. The van der Waals surface area contributed by atoms with Crippen molar-refractivity contribution in [2.24, 2.45) is 5.41 Å². The van der Waals surface area contributed by atoms with Gasteiger partial charge in [0.2, 0.25) is 5.91 Å². The highest BCUT2D eigenvalue weighted by molar-refractivity contribution is 5.86. The van der Waals surface area contributed by atoms with Crippen molar-refractivity contribution in [1.82, 2.24) is 5.32 Å². The highest BCUT2D eigenvalue weighted by Gasteiger charge is 2.46. The number of hydrogen-bond acceptors (Lipinski definition) is 3. The second kappa shape index (κ2) is 5.02. The van der Waals surface area contributed by atoms with Gasteiger partial charge < -0.3 is 10.1 Å². The van der Waals surface area contributed by atoms with E-state index in [1.165, 1.54) is 0 Å². The van der Waals surface area contributed by atoms with Crippen molar-refractivity contribution in [3.8, 4) is 6.07 Å². The number of nitrogens with zero attached hydrogens (tertiary/aromatic N) is 1. The lowest BCUT2D eigenvalue weighted by atomic mass is 9.83. The molecule has 1 aromatic rings. The van der Waals surface area contributed by atoms with Gasteiger partial charge in [0.25, 0.3) is 0 Å². The number of nitrogens with one attached hydrogen (secondary N) is 1. The SMILES string of the molecule is CC(C)(CNC(=O)C1(C#N)COC1)c1ccccc1. The van der Waals surface area contributed by atoms with E-state index >= 15 is 0 Å². The fraction of sp³-hybridized carbons (Fsp3) is 0.467. The minimum atomic E-state index is -0.979. The van der Waals surface area contributed by atoms with Gasteiger partial charge in [0.1, 0.15) is 0 Å². The van der Waals surface area contributed by atoms with Crippen molar-refractivity contribution in [2.75, 3.05) is 19.8 Å². The molecule has 1 heterocycles. The van der Waals surface area contributed by atoms with Gasteiger partial charge in [0.15, 0.2) is 5.41 Å². The molecule has 1 amide bonds. The molecule has 0 atom stereocenters. The Bertz CT molecular complexity index is 499. The lowest BCUT2D eigenvalue weighted by Crippen LogP contribution is -2.54. The van der Waals surface area contributed by atoms with E-state index < -0.39 is 5.41 Å². The normalized spacial score (nSPS) is 17.1. The highest BCUT2D eigenvalue weighted by Crippen LogP contribution is 2.27. The number of ether oxygens (including phenoxy) is 1. The molecular weight excluding hydrogens is 240 g/mol. The lowest BCUT2D eigenvalue weighted by Gasteiger charge is -2.35. The Hall–Kier alpha value is -1.86. The Labute approximate surface area is 113 Å². The molecule has 1 aromatic carbocycles. The van der Waals surface area contributed by atoms with Crippen LogP contribution in [0.15, 0.2) is 30.3 Å². The zero-order valence-corrected chi connectivity index (χ0v) is 11.3. The van der Waals surface area contributed by atoms with Crippen molar-refractivity contribution < 1.29 is 9.53 Å². The predicted molar refractivity (Wildman–Crippen MR) is 71.3 cm³/mol. The van der Waals surface area contributed by atoms with E-state index in [0.717, 1.165) is 5.56 Å². The van der Waals surface area contributed by atoms with E-state index in [1.807, 2.05) is 30.3 Å². The molecule has 4 heteroatoms. The van der Waals surface area contributed by atoms with Crippen molar-refractivity contribution in [3.63, 3.8) is 0 Å². The summed E-state index contributed by atoms with van der Waals surface area (Å²) in [6.45, 7) is 5.03. The zero-order valence-electron chi connectivity index (χ0n) is 11.3. The number of hydrogen-bond donors (Lipinski definition) is 1. The van der Waals surface area contributed by atoms with Gasteiger partial charge in [0, 0.05) is 12.0 Å². The van der Waals surface area contributed by atoms with Gasteiger partial charge in [-0.2, -0.15) is 5.26 Å². The van der Waals surface area contributed by atoms with Crippen molar-refractivity contribution in [1.29, 1.82) is 5.26 Å². The average Bonchev–Trinajstić information content (AvgIpc) is 2.37. The Kier molecular flexibility index (Phi) is 3.59. The van der Waals surface area contributed by atoms with Gasteiger partial charge in [-0.3, -0.25) is 4.79 Å². The fourth-order valence-corrected chi connectivity index (χ4v) is 2.01. The Morgan fingerprint density at radius 2 is 2.05 bits per heavy atom. The summed E-state index contributed by atoms with van der Waals surface area (Å²) in [4.78, 5) is 12.0. The summed E-state index contributed by atoms with van der Waals surface area (Å²) in [5, 5.41) is 11.9. The van der Waals surface area contributed by atoms with Crippen LogP contribution in [0.5, 0.6) is 0 Å². The summed E-state index contributed by atoms with van der Waals surface area (Å²) in [5.74, 6) is -0.231. The largest absolute Gasteiger partial charge is 0.377 e. The minimum Gasteiger partial charge on any atom is -0.377 e. The van der Waals surface area contributed by atoms with Crippen molar-refractivity contribution >= 4 is 5.91 Å². The highest BCUT2D eigenvalue weighted by atomic mass is 16.5. The zero-order chi connectivity index (χ0) is 13.9. The maximum atomic E-state index is 12.0. The third kappa shape index (κ3) is 2.61. The summed E-state index contributed by atoms with van der Waals surface area (Å²) < 4.78 is 4.98. The van der Waals surface area contributed by atoms with Crippen LogP contribution in [-0.4, -0.2) is 25.7 Å². The molecule has 1 N–H and O–H groups in total. The van der Waals surface area contributed by atoms with E-state index in [1.54, 1.807) is 0 Å². The standard InChI is InChI=1S/C15H18N2O2/c1-14(2,12-6-4-3-5-7-12)9-17-13(18)15(8-16)10-19-11-15/h3-7H,9-11H2,1-2H3,(H,17,18). The lowest BCUT2D eigenvalue weighted by molar-refractivity contribution is -0.150. The summed E-state index contributed by atoms with van der Waals surface area (Å²) in [6.07, 6.45) is 0. The molecule has 1 fully saturated rings. The molecule has 4 nitrogen and oxygen atoms in total. The second-order valence-electron chi connectivity index (χ2n) is 5.62. The first-order valence-corrected chi connectivity index (χ1v) is 6.33. The molecule has 19 heavy (non-hydrogen) atoms. The van der Waals surface area contributed by atoms with Crippen LogP contribution in [0.3, 0.4) is 0 Å². The number of carbonyl (C=O) groups is 1. The van der Waals surface area contributed by atoms with Crippen LogP contribution >= 0.6 is 0 Å². The first kappa shape index (κ1) is 13.6. The van der Waals surface area contributed by atoms with Crippen molar-refractivity contribution in [2.45, 2.75) is 19.3 Å². The molecule has 1 aliphatic heterocycles. The van der Waals surface area contributed by atoms with Gasteiger partial charge in [-0.05, 0) is 5.56 Å². The van der Waals surface area contributed by atoms with Crippen molar-refractivity contribution in [3.05, 3.63) is 35.9 Å². The van der Waals surface area contributed by atoms with Crippen LogP contribution in [0.2, 0.25) is 0 Å². The van der Waals surface area contributed by atoms with Crippen LogP contribution < -0.4 is 5.32 Å². The van der Waals surface area contributed by atoms with E-state index in [0.29, 0.717) is 6.54 Å². The van der Waals surface area contributed by atoms with Gasteiger partial charge >= 0.3 is 0 Å². The second-order valence-corrected chi connectivity index (χ2v) is 5.62. The quantitative estimate of drug-likeness (QED) is 0.892. The molecule has 100 valence electrons. The van der Waals surface area contributed by atoms with Crippen LogP contribution in [0.4, 0.5) is 0 Å². The van der Waals surface area contributed by atoms with E-state index in [9.17, 15) is 4.79 Å². The summed E-state index contributed by atoms with van der Waals surface area (Å²) in [5.41, 5.74) is 0.0106. The molecule has 0 aromatic heterocycles. The van der Waals surface area contributed by atoms with Crippen LogP contribution in [0.25, 0.3) is 0 Å². The van der Waals surface area contributed by atoms with Crippen LogP contribution in [-0.2, 0) is 14.9 Å². The molecule has 1 aliphatic rings. The summed E-state index contributed by atoms with van der Waals surface area (Å²) in [6, 6.07) is 12.1. The molecule has 0 unspecified atom stereocenters. The summed E-state index contributed by atoms with van der Waals surface area (Å²) >= 11 is 0. The number of carbonyl (C=O) groups excluding carboxylic acids is 1. The van der Waals surface area contributed by atoms with E-state index in [-0.39, 0.29) is 24.5 Å². The van der Waals surface area contributed by atoms with Crippen LogP contribution in [0.1, 0.15) is 19.4 Å². The van der Waals surface area contributed by atoms with Gasteiger partial charge in [0.05, 0.1) is 19.3 Å². The molecular formula is C15H18N2O2. The summed E-state index contributed by atoms with van der Waals surface area (Å²) in [7, 11) is 0. The van der Waals surface area contributed by atoms with Gasteiger partial charge in [-0.25, -0.2) is 0 Å². The third-order valence-electron chi connectivity index (χ3n) is 3.59.